The molecule has 0 unspecified atom stereocenters. The van der Waals surface area contributed by atoms with Crippen LogP contribution in [0.2, 0.25) is 0 Å². The van der Waals surface area contributed by atoms with Crippen LogP contribution in [0, 0.1) is 0 Å². The molecule has 24 heavy (non-hydrogen) atoms. The average Bonchev–Trinajstić information content (AvgIpc) is 2.59. The lowest BCUT2D eigenvalue weighted by Crippen LogP contribution is -2.08. The lowest BCUT2D eigenvalue weighted by Gasteiger charge is -2.08. The minimum absolute atomic E-state index is 0.0750. The van der Waals surface area contributed by atoms with Gasteiger partial charge in [0.05, 0.1) is 12.8 Å². The summed E-state index contributed by atoms with van der Waals surface area (Å²) >= 11 is 1.36. The highest BCUT2D eigenvalue weighted by molar-refractivity contribution is 8.15. The number of hydrazone groups is 1. The number of ketones is 1. The van der Waals surface area contributed by atoms with Crippen LogP contribution in [0.4, 0.5) is 5.69 Å². The van der Waals surface area contributed by atoms with Gasteiger partial charge in [-0.05, 0) is 47.9 Å². The minimum Gasteiger partial charge on any atom is -0.497 e. The van der Waals surface area contributed by atoms with Crippen LogP contribution in [0.1, 0.15) is 32.3 Å². The first-order valence-electron chi connectivity index (χ1n) is 7.76. The van der Waals surface area contributed by atoms with Crippen LogP contribution in [0.5, 0.6) is 5.75 Å². The zero-order chi connectivity index (χ0) is 17.5. The highest BCUT2D eigenvalue weighted by atomic mass is 32.2. The lowest BCUT2D eigenvalue weighted by molar-refractivity contribution is -0.110. The smallest absolute Gasteiger partial charge is 0.186 e. The number of nitrogens with zero attached hydrogens (tertiary/aromatic N) is 1. The Hall–Kier alpha value is -2.27. The summed E-state index contributed by atoms with van der Waals surface area (Å²) in [4.78, 5) is 12.8. The van der Waals surface area contributed by atoms with E-state index in [1.54, 1.807) is 7.11 Å². The normalized spacial score (nSPS) is 11.5. The number of anilines is 1. The molecule has 1 N–H and O–H groups in total. The van der Waals surface area contributed by atoms with Gasteiger partial charge in [-0.3, -0.25) is 10.2 Å². The Balaban J connectivity index is 2.08. The van der Waals surface area contributed by atoms with Gasteiger partial charge in [-0.25, -0.2) is 0 Å². The summed E-state index contributed by atoms with van der Waals surface area (Å²) in [7, 11) is 1.62. The first-order valence-corrected chi connectivity index (χ1v) is 8.57. The molecule has 0 fully saturated rings. The van der Waals surface area contributed by atoms with E-state index < -0.39 is 0 Å². The maximum atomic E-state index is 11.8. The number of rotatable bonds is 6. The van der Waals surface area contributed by atoms with Gasteiger partial charge >= 0.3 is 0 Å². The maximum Gasteiger partial charge on any atom is 0.186 e. The zero-order valence-electron chi connectivity index (χ0n) is 14.4. The lowest BCUT2D eigenvalue weighted by atomic mass is 10.0. The molecule has 0 aliphatic heterocycles. The van der Waals surface area contributed by atoms with E-state index in [-0.39, 0.29) is 5.78 Å². The molecule has 0 atom stereocenters. The van der Waals surface area contributed by atoms with Crippen molar-refractivity contribution in [1.29, 1.82) is 0 Å². The molecule has 4 nitrogen and oxygen atoms in total. The van der Waals surface area contributed by atoms with Gasteiger partial charge in [0.1, 0.15) is 5.75 Å². The van der Waals surface area contributed by atoms with Crippen molar-refractivity contribution in [2.24, 2.45) is 5.10 Å². The van der Waals surface area contributed by atoms with Crippen LogP contribution in [-0.2, 0) is 4.79 Å². The first-order chi connectivity index (χ1) is 11.5. The van der Waals surface area contributed by atoms with Crippen molar-refractivity contribution in [3.05, 3.63) is 54.1 Å². The van der Waals surface area contributed by atoms with E-state index in [0.717, 1.165) is 16.3 Å². The quantitative estimate of drug-likeness (QED) is 0.350. The van der Waals surface area contributed by atoms with E-state index in [1.165, 1.54) is 24.2 Å². The molecule has 0 aliphatic rings. The number of carbonyl (C=O) groups is 1. The number of Topliss-reactive ketones (excluding diaryl/α,β-unsaturated/α-hetero) is 1. The summed E-state index contributed by atoms with van der Waals surface area (Å²) < 4.78 is 5.12. The Labute approximate surface area is 147 Å². The number of hydrogen-bond acceptors (Lipinski definition) is 5. The van der Waals surface area contributed by atoms with Crippen LogP contribution >= 0.6 is 11.8 Å². The molecule has 0 bridgehead atoms. The summed E-state index contributed by atoms with van der Waals surface area (Å²) in [5.74, 6) is 1.19. The predicted octanol–water partition coefficient (Wildman–Crippen LogP) is 4.93. The molecule has 5 heteroatoms. The first kappa shape index (κ1) is 18.1. The van der Waals surface area contributed by atoms with E-state index in [1.807, 2.05) is 36.4 Å². The molecule has 0 saturated carbocycles. The third-order valence-corrected chi connectivity index (χ3v) is 4.52. The summed E-state index contributed by atoms with van der Waals surface area (Å²) in [6.45, 7) is 5.83. The number of methoxy groups -OCH3 is 1. The second-order valence-corrected chi connectivity index (χ2v) is 6.70. The van der Waals surface area contributed by atoms with Crippen molar-refractivity contribution < 1.29 is 9.53 Å². The fraction of sp³-hybridized carbons (Fsp3) is 0.263. The van der Waals surface area contributed by atoms with E-state index in [9.17, 15) is 4.79 Å². The second-order valence-electron chi connectivity index (χ2n) is 5.64. The summed E-state index contributed by atoms with van der Waals surface area (Å²) in [5, 5.41) is 4.66. The van der Waals surface area contributed by atoms with E-state index in [2.05, 4.69) is 36.5 Å². The number of carbonyl (C=O) groups excluding carboxylic acids is 1. The molecule has 0 aromatic heterocycles. The molecule has 0 heterocycles. The number of nitrogens with one attached hydrogen (secondary N) is 1. The van der Waals surface area contributed by atoms with Crippen molar-refractivity contribution >= 4 is 28.3 Å². The third kappa shape index (κ3) is 5.13. The number of ether oxygens (including phenoxy) is 1. The van der Waals surface area contributed by atoms with Gasteiger partial charge in [0.25, 0.3) is 0 Å². The van der Waals surface area contributed by atoms with Gasteiger partial charge < -0.3 is 4.74 Å². The summed E-state index contributed by atoms with van der Waals surface area (Å²) in [5.41, 5.74) is 4.99. The number of thioether (sulfide) groups is 1. The fourth-order valence-electron chi connectivity index (χ4n) is 1.99. The van der Waals surface area contributed by atoms with E-state index in [0.29, 0.717) is 11.0 Å². The third-order valence-electron chi connectivity index (χ3n) is 3.44. The maximum absolute atomic E-state index is 11.8. The van der Waals surface area contributed by atoms with Crippen molar-refractivity contribution in [3.63, 3.8) is 0 Å². The number of benzene rings is 2. The van der Waals surface area contributed by atoms with Crippen LogP contribution < -0.4 is 10.2 Å². The van der Waals surface area contributed by atoms with Crippen LogP contribution in [0.3, 0.4) is 0 Å². The molecule has 2 rings (SSSR count). The summed E-state index contributed by atoms with van der Waals surface area (Å²) in [6.07, 6.45) is 0. The highest BCUT2D eigenvalue weighted by Gasteiger charge is 2.09. The van der Waals surface area contributed by atoms with Crippen molar-refractivity contribution in [1.82, 2.24) is 0 Å². The van der Waals surface area contributed by atoms with Gasteiger partial charge in [-0.2, -0.15) is 5.10 Å². The van der Waals surface area contributed by atoms with Crippen LogP contribution in [-0.4, -0.2) is 17.9 Å². The van der Waals surface area contributed by atoms with Crippen molar-refractivity contribution in [3.8, 4) is 5.75 Å². The molecule has 0 amide bonds. The van der Waals surface area contributed by atoms with Gasteiger partial charge in [-0.1, -0.05) is 37.7 Å². The molecule has 0 saturated heterocycles. The summed E-state index contributed by atoms with van der Waals surface area (Å²) in [6, 6.07) is 15.6. The number of hydrogen-bond donors (Lipinski definition) is 1. The minimum atomic E-state index is -0.0750. The molecule has 0 radical (unpaired) electrons. The topological polar surface area (TPSA) is 50.7 Å². The second kappa shape index (κ2) is 8.55. The predicted molar refractivity (Wildman–Crippen MR) is 101 cm³/mol. The van der Waals surface area contributed by atoms with Crippen molar-refractivity contribution in [2.75, 3.05) is 12.5 Å². The Morgan fingerprint density at radius 1 is 1.08 bits per heavy atom. The highest BCUT2D eigenvalue weighted by Crippen LogP contribution is 2.24. The van der Waals surface area contributed by atoms with Gasteiger partial charge in [-0.15, -0.1) is 0 Å². The largest absolute Gasteiger partial charge is 0.497 e. The molecule has 2 aromatic rings. The molecule has 126 valence electrons. The van der Waals surface area contributed by atoms with Gasteiger partial charge in [0.2, 0.25) is 0 Å². The van der Waals surface area contributed by atoms with Crippen LogP contribution in [0.25, 0.3) is 0 Å². The molecule has 2 aromatic carbocycles. The molecule has 0 aliphatic carbocycles. The van der Waals surface area contributed by atoms with Gasteiger partial charge in [0.15, 0.2) is 10.8 Å². The van der Waals surface area contributed by atoms with Gasteiger partial charge in [0, 0.05) is 11.8 Å². The SMILES string of the molecule is COc1ccc(N/N=C(/Sc2ccc(C(C)C)cc2)C(C)=O)cc1. The average molecular weight is 342 g/mol. The zero-order valence-corrected chi connectivity index (χ0v) is 15.2. The molecular weight excluding hydrogens is 320 g/mol. The van der Waals surface area contributed by atoms with Crippen LogP contribution in [0.15, 0.2) is 58.5 Å². The monoisotopic (exact) mass is 342 g/mol. The Bertz CT molecular complexity index is 707. The Kier molecular flexibility index (Phi) is 6.44. The standard InChI is InChI=1S/C19H22N2O2S/c1-13(2)15-5-11-18(12-6-15)24-19(14(3)22)21-20-16-7-9-17(23-4)10-8-16/h5-13,20H,1-4H3/b21-19+. The van der Waals surface area contributed by atoms with Crippen molar-refractivity contribution in [2.45, 2.75) is 31.6 Å². The van der Waals surface area contributed by atoms with E-state index in [4.69, 9.17) is 4.74 Å². The molecule has 0 spiro atoms. The Morgan fingerprint density at radius 3 is 2.21 bits per heavy atom. The Morgan fingerprint density at radius 2 is 1.71 bits per heavy atom. The van der Waals surface area contributed by atoms with E-state index >= 15 is 0 Å². The fourth-order valence-corrected chi connectivity index (χ4v) is 2.72. The molecular formula is C19H22N2O2S.